The van der Waals surface area contributed by atoms with Crippen molar-refractivity contribution in [3.8, 4) is 11.5 Å². The maximum absolute atomic E-state index is 12.4. The molecule has 21 heavy (non-hydrogen) atoms. The highest BCUT2D eigenvalue weighted by molar-refractivity contribution is 9.10. The minimum atomic E-state index is 0.0381. The first-order valence-electron chi connectivity index (χ1n) is 6.73. The van der Waals surface area contributed by atoms with E-state index in [9.17, 15) is 4.79 Å². The van der Waals surface area contributed by atoms with E-state index in [2.05, 4.69) is 15.9 Å². The van der Waals surface area contributed by atoms with Crippen LogP contribution in [0.2, 0.25) is 0 Å². The molecule has 0 aromatic heterocycles. The fourth-order valence-corrected chi connectivity index (χ4v) is 2.67. The van der Waals surface area contributed by atoms with Gasteiger partial charge in [-0.2, -0.15) is 0 Å². The lowest BCUT2D eigenvalue weighted by atomic mass is 10.0. The Balaban J connectivity index is 2.20. The molecule has 0 aliphatic rings. The van der Waals surface area contributed by atoms with Crippen LogP contribution in [-0.2, 0) is 6.42 Å². The Morgan fingerprint density at radius 3 is 2.57 bits per heavy atom. The van der Waals surface area contributed by atoms with Crippen molar-refractivity contribution in [2.45, 2.75) is 13.3 Å². The van der Waals surface area contributed by atoms with E-state index in [0.29, 0.717) is 24.3 Å². The standard InChI is InChI=1S/C17H17BrO3/c1-3-21-16-7-5-4-6-13(16)15(19)11-12-8-9-17(20-2)14(18)10-12/h4-10H,3,11H2,1-2H3. The molecular weight excluding hydrogens is 332 g/mol. The Kier molecular flexibility index (Phi) is 5.39. The average Bonchev–Trinajstić information content (AvgIpc) is 2.48. The first-order valence-corrected chi connectivity index (χ1v) is 7.52. The smallest absolute Gasteiger partial charge is 0.170 e. The first-order chi connectivity index (χ1) is 10.2. The van der Waals surface area contributed by atoms with Crippen LogP contribution < -0.4 is 9.47 Å². The van der Waals surface area contributed by atoms with Crippen LogP contribution in [0.4, 0.5) is 0 Å². The molecule has 0 bridgehead atoms. The molecule has 2 aromatic rings. The monoisotopic (exact) mass is 348 g/mol. The number of ether oxygens (including phenoxy) is 2. The normalized spacial score (nSPS) is 10.2. The molecule has 0 aliphatic carbocycles. The zero-order valence-electron chi connectivity index (χ0n) is 12.1. The molecule has 0 unspecified atom stereocenters. The van der Waals surface area contributed by atoms with Gasteiger partial charge in [0.05, 0.1) is 23.8 Å². The van der Waals surface area contributed by atoms with E-state index in [1.54, 1.807) is 13.2 Å². The van der Waals surface area contributed by atoms with Crippen LogP contribution in [0.15, 0.2) is 46.9 Å². The molecule has 0 heterocycles. The van der Waals surface area contributed by atoms with Crippen LogP contribution in [0.1, 0.15) is 22.8 Å². The van der Waals surface area contributed by atoms with Crippen molar-refractivity contribution in [1.29, 1.82) is 0 Å². The molecule has 0 spiro atoms. The first kappa shape index (κ1) is 15.6. The molecule has 2 rings (SSSR count). The Labute approximate surface area is 133 Å². The van der Waals surface area contributed by atoms with Crippen LogP contribution >= 0.6 is 15.9 Å². The Hall–Kier alpha value is -1.81. The second-order valence-electron chi connectivity index (χ2n) is 4.50. The zero-order chi connectivity index (χ0) is 15.2. The summed E-state index contributed by atoms with van der Waals surface area (Å²) in [6, 6.07) is 13.0. The molecule has 0 atom stereocenters. The summed E-state index contributed by atoms with van der Waals surface area (Å²) in [5, 5.41) is 0. The number of hydrogen-bond acceptors (Lipinski definition) is 3. The second-order valence-corrected chi connectivity index (χ2v) is 5.35. The van der Waals surface area contributed by atoms with E-state index in [4.69, 9.17) is 9.47 Å². The summed E-state index contributed by atoms with van der Waals surface area (Å²) in [7, 11) is 1.61. The molecule has 0 saturated carbocycles. The van der Waals surface area contributed by atoms with Crippen molar-refractivity contribution in [2.24, 2.45) is 0 Å². The fraction of sp³-hybridized carbons (Fsp3) is 0.235. The second kappa shape index (κ2) is 7.27. The van der Waals surface area contributed by atoms with E-state index in [1.807, 2.05) is 43.3 Å². The lowest BCUT2D eigenvalue weighted by Gasteiger charge is -2.10. The predicted octanol–water partition coefficient (Wildman–Crippen LogP) is 4.28. The highest BCUT2D eigenvalue weighted by Gasteiger charge is 2.13. The molecule has 0 aliphatic heterocycles. The molecule has 2 aromatic carbocycles. The van der Waals surface area contributed by atoms with E-state index in [-0.39, 0.29) is 5.78 Å². The van der Waals surface area contributed by atoms with E-state index in [0.717, 1.165) is 15.8 Å². The highest BCUT2D eigenvalue weighted by Crippen LogP contribution is 2.27. The third kappa shape index (κ3) is 3.85. The van der Waals surface area contributed by atoms with Gasteiger partial charge in [0.25, 0.3) is 0 Å². The van der Waals surface area contributed by atoms with Crippen molar-refractivity contribution in [3.63, 3.8) is 0 Å². The maximum Gasteiger partial charge on any atom is 0.170 e. The number of carbonyl (C=O) groups is 1. The lowest BCUT2D eigenvalue weighted by Crippen LogP contribution is -2.07. The minimum Gasteiger partial charge on any atom is -0.496 e. The van der Waals surface area contributed by atoms with Crippen molar-refractivity contribution in [3.05, 3.63) is 58.1 Å². The molecule has 4 heteroatoms. The van der Waals surface area contributed by atoms with Gasteiger partial charge in [-0.15, -0.1) is 0 Å². The lowest BCUT2D eigenvalue weighted by molar-refractivity contribution is 0.0989. The topological polar surface area (TPSA) is 35.5 Å². The van der Waals surface area contributed by atoms with Gasteiger partial charge in [0.15, 0.2) is 5.78 Å². The van der Waals surface area contributed by atoms with Gasteiger partial charge >= 0.3 is 0 Å². The van der Waals surface area contributed by atoms with E-state index < -0.39 is 0 Å². The summed E-state index contributed by atoms with van der Waals surface area (Å²) >= 11 is 3.43. The number of ketones is 1. The van der Waals surface area contributed by atoms with Gasteiger partial charge in [-0.05, 0) is 52.7 Å². The summed E-state index contributed by atoms with van der Waals surface area (Å²) in [5.74, 6) is 1.43. The number of carbonyl (C=O) groups excluding carboxylic acids is 1. The van der Waals surface area contributed by atoms with Gasteiger partial charge in [0, 0.05) is 6.42 Å². The third-order valence-corrected chi connectivity index (χ3v) is 3.69. The van der Waals surface area contributed by atoms with E-state index >= 15 is 0 Å². The Morgan fingerprint density at radius 1 is 1.14 bits per heavy atom. The molecule has 0 radical (unpaired) electrons. The number of methoxy groups -OCH3 is 1. The third-order valence-electron chi connectivity index (χ3n) is 3.07. The van der Waals surface area contributed by atoms with Crippen LogP contribution in [0.3, 0.4) is 0 Å². The molecule has 3 nitrogen and oxygen atoms in total. The summed E-state index contributed by atoms with van der Waals surface area (Å²) in [6.07, 6.45) is 0.326. The number of Topliss-reactive ketones (excluding diaryl/α,β-unsaturated/α-hetero) is 1. The SMILES string of the molecule is CCOc1ccccc1C(=O)Cc1ccc(OC)c(Br)c1. The van der Waals surface area contributed by atoms with Crippen LogP contribution in [0.25, 0.3) is 0 Å². The number of benzene rings is 2. The number of rotatable bonds is 6. The average molecular weight is 349 g/mol. The van der Waals surface area contributed by atoms with Crippen molar-refractivity contribution in [2.75, 3.05) is 13.7 Å². The largest absolute Gasteiger partial charge is 0.496 e. The van der Waals surface area contributed by atoms with Crippen LogP contribution in [-0.4, -0.2) is 19.5 Å². The summed E-state index contributed by atoms with van der Waals surface area (Å²) in [4.78, 5) is 12.4. The van der Waals surface area contributed by atoms with Crippen LogP contribution in [0, 0.1) is 0 Å². The molecule has 110 valence electrons. The fourth-order valence-electron chi connectivity index (χ4n) is 2.08. The molecule has 0 saturated heterocycles. The van der Waals surface area contributed by atoms with Gasteiger partial charge in [-0.25, -0.2) is 0 Å². The van der Waals surface area contributed by atoms with Gasteiger partial charge in [-0.1, -0.05) is 18.2 Å². The molecule has 0 N–H and O–H groups in total. The molecular formula is C17H17BrO3. The van der Waals surface area contributed by atoms with Gasteiger partial charge in [0.1, 0.15) is 11.5 Å². The van der Waals surface area contributed by atoms with Crippen molar-refractivity contribution < 1.29 is 14.3 Å². The quantitative estimate of drug-likeness (QED) is 0.730. The number of para-hydroxylation sites is 1. The van der Waals surface area contributed by atoms with Crippen LogP contribution in [0.5, 0.6) is 11.5 Å². The minimum absolute atomic E-state index is 0.0381. The van der Waals surface area contributed by atoms with Gasteiger partial charge < -0.3 is 9.47 Å². The Morgan fingerprint density at radius 2 is 1.90 bits per heavy atom. The van der Waals surface area contributed by atoms with Gasteiger partial charge in [-0.3, -0.25) is 4.79 Å². The summed E-state index contributed by atoms with van der Waals surface area (Å²) in [6.45, 7) is 2.44. The van der Waals surface area contributed by atoms with Crippen molar-refractivity contribution in [1.82, 2.24) is 0 Å². The highest BCUT2D eigenvalue weighted by atomic mass is 79.9. The Bertz CT molecular complexity index is 638. The predicted molar refractivity (Wildman–Crippen MR) is 86.3 cm³/mol. The number of hydrogen-bond donors (Lipinski definition) is 0. The van der Waals surface area contributed by atoms with E-state index in [1.165, 1.54) is 0 Å². The maximum atomic E-state index is 12.4. The van der Waals surface area contributed by atoms with Gasteiger partial charge in [0.2, 0.25) is 0 Å². The molecule has 0 amide bonds. The van der Waals surface area contributed by atoms with Crippen molar-refractivity contribution >= 4 is 21.7 Å². The summed E-state index contributed by atoms with van der Waals surface area (Å²) in [5.41, 5.74) is 1.55. The molecule has 0 fully saturated rings. The number of halogens is 1. The summed E-state index contributed by atoms with van der Waals surface area (Å²) < 4.78 is 11.5. The zero-order valence-corrected chi connectivity index (χ0v) is 13.6.